The summed E-state index contributed by atoms with van der Waals surface area (Å²) in [4.78, 5) is 15.5. The summed E-state index contributed by atoms with van der Waals surface area (Å²) in [5.41, 5.74) is 0.0894. The van der Waals surface area contributed by atoms with E-state index in [1.807, 2.05) is 0 Å². The SMILES string of the molecule is O=C(O)c1cccnc1Sc1cc(Cl)nnc1Cl. The van der Waals surface area contributed by atoms with Crippen molar-refractivity contribution in [2.75, 3.05) is 0 Å². The molecule has 0 bridgehead atoms. The van der Waals surface area contributed by atoms with Gasteiger partial charge < -0.3 is 5.11 Å². The van der Waals surface area contributed by atoms with Crippen LogP contribution >= 0.6 is 35.0 Å². The maximum absolute atomic E-state index is 11.0. The molecule has 0 aromatic carbocycles. The summed E-state index contributed by atoms with van der Waals surface area (Å²) in [7, 11) is 0. The zero-order chi connectivity index (χ0) is 13.1. The third-order valence-corrected chi connectivity index (χ3v) is 3.52. The highest BCUT2D eigenvalue weighted by Crippen LogP contribution is 2.33. The van der Waals surface area contributed by atoms with Crippen molar-refractivity contribution >= 4 is 40.9 Å². The van der Waals surface area contributed by atoms with Crippen LogP contribution in [0.3, 0.4) is 0 Å². The number of aromatic nitrogens is 3. The first-order valence-electron chi connectivity index (χ1n) is 4.63. The van der Waals surface area contributed by atoms with Gasteiger partial charge in [-0.05, 0) is 18.2 Å². The molecule has 5 nitrogen and oxygen atoms in total. The molecule has 2 aromatic rings. The van der Waals surface area contributed by atoms with Gasteiger partial charge in [-0.3, -0.25) is 0 Å². The first kappa shape index (κ1) is 13.1. The van der Waals surface area contributed by atoms with Gasteiger partial charge in [0.05, 0.1) is 10.5 Å². The van der Waals surface area contributed by atoms with Crippen molar-refractivity contribution in [3.63, 3.8) is 0 Å². The lowest BCUT2D eigenvalue weighted by molar-refractivity contribution is 0.0692. The molecular weight excluding hydrogens is 297 g/mol. The van der Waals surface area contributed by atoms with E-state index in [0.29, 0.717) is 9.92 Å². The number of carbonyl (C=O) groups is 1. The Morgan fingerprint density at radius 2 is 2.11 bits per heavy atom. The molecule has 0 atom stereocenters. The molecule has 0 aliphatic carbocycles. The van der Waals surface area contributed by atoms with E-state index in [9.17, 15) is 4.79 Å². The number of hydrogen-bond donors (Lipinski definition) is 1. The molecule has 0 aliphatic rings. The van der Waals surface area contributed by atoms with Gasteiger partial charge in [-0.15, -0.1) is 10.2 Å². The summed E-state index contributed by atoms with van der Waals surface area (Å²) in [5, 5.41) is 16.9. The minimum absolute atomic E-state index is 0.0894. The normalized spacial score (nSPS) is 10.3. The van der Waals surface area contributed by atoms with E-state index in [1.54, 1.807) is 6.07 Å². The molecule has 8 heteroatoms. The molecule has 0 saturated carbocycles. The molecule has 18 heavy (non-hydrogen) atoms. The Morgan fingerprint density at radius 1 is 1.33 bits per heavy atom. The smallest absolute Gasteiger partial charge is 0.338 e. The first-order valence-corrected chi connectivity index (χ1v) is 6.20. The average Bonchev–Trinajstić information content (AvgIpc) is 2.34. The third kappa shape index (κ3) is 2.90. The van der Waals surface area contributed by atoms with Crippen molar-refractivity contribution in [3.8, 4) is 0 Å². The van der Waals surface area contributed by atoms with E-state index >= 15 is 0 Å². The van der Waals surface area contributed by atoms with Gasteiger partial charge >= 0.3 is 5.97 Å². The molecule has 0 saturated heterocycles. The zero-order valence-corrected chi connectivity index (χ0v) is 11.0. The van der Waals surface area contributed by atoms with E-state index in [0.717, 1.165) is 11.8 Å². The van der Waals surface area contributed by atoms with Crippen LogP contribution in [0, 0.1) is 0 Å². The Labute approximate surface area is 116 Å². The first-order chi connectivity index (χ1) is 8.58. The summed E-state index contributed by atoms with van der Waals surface area (Å²) in [5.74, 6) is -1.06. The Balaban J connectivity index is 2.40. The van der Waals surface area contributed by atoms with Crippen LogP contribution in [0.4, 0.5) is 0 Å². The van der Waals surface area contributed by atoms with E-state index in [1.165, 1.54) is 18.3 Å². The van der Waals surface area contributed by atoms with Crippen LogP contribution in [0.15, 0.2) is 34.3 Å². The number of pyridine rings is 1. The molecule has 0 unspecified atom stereocenters. The third-order valence-electron chi connectivity index (χ3n) is 1.90. The second kappa shape index (κ2) is 5.51. The fraction of sp³-hybridized carbons (Fsp3) is 0. The maximum atomic E-state index is 11.0. The van der Waals surface area contributed by atoms with Crippen molar-refractivity contribution in [1.29, 1.82) is 0 Å². The highest BCUT2D eigenvalue weighted by Gasteiger charge is 2.14. The number of halogens is 2. The molecule has 2 aromatic heterocycles. The molecule has 2 rings (SSSR count). The van der Waals surface area contributed by atoms with Crippen LogP contribution in [0.5, 0.6) is 0 Å². The van der Waals surface area contributed by atoms with Gasteiger partial charge in [0.1, 0.15) is 5.03 Å². The summed E-state index contributed by atoms with van der Waals surface area (Å²) in [6.07, 6.45) is 1.50. The Bertz CT molecular complexity index is 609. The molecule has 0 aliphatic heterocycles. The van der Waals surface area contributed by atoms with Crippen molar-refractivity contribution in [2.45, 2.75) is 9.92 Å². The van der Waals surface area contributed by atoms with Gasteiger partial charge in [0.2, 0.25) is 0 Å². The molecule has 2 heterocycles. The number of nitrogens with zero attached hydrogens (tertiary/aromatic N) is 3. The molecule has 0 radical (unpaired) electrons. The Kier molecular flexibility index (Phi) is 4.00. The largest absolute Gasteiger partial charge is 0.478 e. The number of aromatic carboxylic acids is 1. The lowest BCUT2D eigenvalue weighted by Crippen LogP contribution is -2.00. The second-order valence-corrected chi connectivity index (χ2v) is 4.86. The van der Waals surface area contributed by atoms with Crippen LogP contribution in [-0.4, -0.2) is 26.3 Å². The highest BCUT2D eigenvalue weighted by atomic mass is 35.5. The summed E-state index contributed by atoms with van der Waals surface area (Å²) in [6, 6.07) is 4.51. The molecule has 92 valence electrons. The summed E-state index contributed by atoms with van der Waals surface area (Å²) >= 11 is 12.6. The average molecular weight is 302 g/mol. The van der Waals surface area contributed by atoms with Gasteiger partial charge in [0.25, 0.3) is 0 Å². The second-order valence-electron chi connectivity index (χ2n) is 3.09. The summed E-state index contributed by atoms with van der Waals surface area (Å²) < 4.78 is 0. The van der Waals surface area contributed by atoms with Crippen molar-refractivity contribution < 1.29 is 9.90 Å². The van der Waals surface area contributed by atoms with Gasteiger partial charge in [-0.1, -0.05) is 35.0 Å². The number of rotatable bonds is 3. The molecule has 0 spiro atoms. The fourth-order valence-electron chi connectivity index (χ4n) is 1.15. The fourth-order valence-corrected chi connectivity index (χ4v) is 2.45. The summed E-state index contributed by atoms with van der Waals surface area (Å²) in [6.45, 7) is 0. The van der Waals surface area contributed by atoms with E-state index in [-0.39, 0.29) is 15.9 Å². The van der Waals surface area contributed by atoms with Crippen molar-refractivity contribution in [3.05, 3.63) is 40.3 Å². The van der Waals surface area contributed by atoms with E-state index in [2.05, 4.69) is 15.2 Å². The quantitative estimate of drug-likeness (QED) is 0.939. The molecule has 0 fully saturated rings. The van der Waals surface area contributed by atoms with E-state index < -0.39 is 5.97 Å². The zero-order valence-electron chi connectivity index (χ0n) is 8.67. The van der Waals surface area contributed by atoms with Crippen LogP contribution in [0.1, 0.15) is 10.4 Å². The van der Waals surface area contributed by atoms with Crippen LogP contribution in [-0.2, 0) is 0 Å². The molecule has 1 N–H and O–H groups in total. The van der Waals surface area contributed by atoms with Gasteiger partial charge in [-0.2, -0.15) is 0 Å². The Hall–Kier alpha value is -1.37. The monoisotopic (exact) mass is 301 g/mol. The minimum atomic E-state index is -1.06. The maximum Gasteiger partial charge on any atom is 0.338 e. The Morgan fingerprint density at radius 3 is 2.83 bits per heavy atom. The molecular formula is C10H5Cl2N3O2S. The van der Waals surface area contributed by atoms with Crippen LogP contribution in [0.25, 0.3) is 0 Å². The standard InChI is InChI=1S/C10H5Cl2N3O2S/c11-7-4-6(8(12)15-14-7)18-9-5(10(16)17)2-1-3-13-9/h1-4H,(H,16,17). The topological polar surface area (TPSA) is 76.0 Å². The van der Waals surface area contributed by atoms with Crippen LogP contribution < -0.4 is 0 Å². The number of carboxylic acid groups (broad SMARTS) is 1. The van der Waals surface area contributed by atoms with E-state index in [4.69, 9.17) is 28.3 Å². The minimum Gasteiger partial charge on any atom is -0.478 e. The van der Waals surface area contributed by atoms with Crippen LogP contribution in [0.2, 0.25) is 10.3 Å². The number of hydrogen-bond acceptors (Lipinski definition) is 5. The highest BCUT2D eigenvalue weighted by molar-refractivity contribution is 7.99. The lowest BCUT2D eigenvalue weighted by Gasteiger charge is -2.05. The van der Waals surface area contributed by atoms with Gasteiger partial charge in [0.15, 0.2) is 10.3 Å². The van der Waals surface area contributed by atoms with Crippen molar-refractivity contribution in [1.82, 2.24) is 15.2 Å². The van der Waals surface area contributed by atoms with Crippen molar-refractivity contribution in [2.24, 2.45) is 0 Å². The number of carboxylic acids is 1. The van der Waals surface area contributed by atoms with Gasteiger partial charge in [-0.25, -0.2) is 9.78 Å². The molecule has 0 amide bonds. The lowest BCUT2D eigenvalue weighted by atomic mass is 10.3. The predicted octanol–water partition coefficient (Wildman–Crippen LogP) is 3.03. The van der Waals surface area contributed by atoms with Gasteiger partial charge in [0, 0.05) is 6.20 Å². The predicted molar refractivity (Wildman–Crippen MR) is 67.4 cm³/mol.